The van der Waals surface area contributed by atoms with Crippen LogP contribution in [0.3, 0.4) is 0 Å². The van der Waals surface area contributed by atoms with Gasteiger partial charge in [-0.15, -0.1) is 0 Å². The molecule has 0 aliphatic carbocycles. The van der Waals surface area contributed by atoms with Crippen molar-refractivity contribution in [1.29, 1.82) is 0 Å². The van der Waals surface area contributed by atoms with Crippen LogP contribution in [-0.4, -0.2) is 87.6 Å². The Morgan fingerprint density at radius 3 is 2.84 bits per heavy atom. The van der Waals surface area contributed by atoms with Crippen LogP contribution >= 0.6 is 0 Å². The Morgan fingerprint density at radius 1 is 1.23 bits per heavy atom. The summed E-state index contributed by atoms with van der Waals surface area (Å²) in [6.07, 6.45) is 5.67. The number of rotatable bonds is 6. The summed E-state index contributed by atoms with van der Waals surface area (Å²) >= 11 is 0. The second-order valence-corrected chi connectivity index (χ2v) is 9.02. The lowest BCUT2D eigenvalue weighted by Crippen LogP contribution is -2.49. The normalized spacial score (nSPS) is 26.3. The molecular weight excluding hydrogens is 392 g/mol. The first-order valence-electron chi connectivity index (χ1n) is 11.8. The van der Waals surface area contributed by atoms with Crippen molar-refractivity contribution < 1.29 is 9.47 Å². The van der Waals surface area contributed by atoms with E-state index in [0.29, 0.717) is 6.04 Å². The van der Waals surface area contributed by atoms with Crippen LogP contribution in [-0.2, 0) is 16.0 Å². The topological polar surface area (TPSA) is 74.2 Å². The maximum Gasteiger partial charge on any atom is 0.191 e. The first-order valence-corrected chi connectivity index (χ1v) is 11.8. The van der Waals surface area contributed by atoms with Crippen LogP contribution in [0.1, 0.15) is 31.7 Å². The Hall–Kier alpha value is -1.90. The van der Waals surface area contributed by atoms with E-state index in [2.05, 4.69) is 49.5 Å². The van der Waals surface area contributed by atoms with E-state index in [1.807, 2.05) is 13.2 Å². The third-order valence-corrected chi connectivity index (χ3v) is 6.53. The van der Waals surface area contributed by atoms with Gasteiger partial charge in [-0.2, -0.15) is 0 Å². The first kappa shape index (κ1) is 22.3. The van der Waals surface area contributed by atoms with E-state index < -0.39 is 0 Å². The monoisotopic (exact) mass is 430 g/mol. The van der Waals surface area contributed by atoms with Crippen LogP contribution in [0.5, 0.6) is 0 Å². The average molecular weight is 431 g/mol. The molecule has 3 fully saturated rings. The van der Waals surface area contributed by atoms with Crippen LogP contribution in [0.25, 0.3) is 0 Å². The standard InChI is InChI=1S/C23H38N6O2/c1-18-15-29(10-12-31-18)22-13-19(3-7-25-22)14-26-23(24-2)27-21-4-8-28(9-5-21)16-20-6-11-30-17-20/h3,7,13,18,20-21H,4-6,8-12,14-17H2,1-2H3,(H2,24,26,27). The minimum atomic E-state index is 0.248. The Morgan fingerprint density at radius 2 is 2.10 bits per heavy atom. The molecular formula is C23H38N6O2. The molecule has 4 rings (SSSR count). The molecule has 2 N–H and O–H groups in total. The molecule has 172 valence electrons. The SMILES string of the molecule is CN=C(NCc1ccnc(N2CCOC(C)C2)c1)NC1CCN(CC2CCOC2)CC1. The number of hydrogen-bond acceptors (Lipinski definition) is 6. The summed E-state index contributed by atoms with van der Waals surface area (Å²) in [4.78, 5) is 13.9. The van der Waals surface area contributed by atoms with Crippen molar-refractivity contribution in [3.8, 4) is 0 Å². The third kappa shape index (κ3) is 6.54. The second kappa shape index (κ2) is 11.1. The van der Waals surface area contributed by atoms with Gasteiger partial charge in [0, 0.05) is 65.2 Å². The Kier molecular flexibility index (Phi) is 7.99. The van der Waals surface area contributed by atoms with Gasteiger partial charge in [0.1, 0.15) is 5.82 Å². The number of guanidine groups is 1. The number of likely N-dealkylation sites (tertiary alicyclic amines) is 1. The molecule has 0 aromatic carbocycles. The molecule has 3 aliphatic rings. The van der Waals surface area contributed by atoms with Gasteiger partial charge in [-0.05, 0) is 49.8 Å². The second-order valence-electron chi connectivity index (χ2n) is 9.02. The Balaban J connectivity index is 1.21. The first-order chi connectivity index (χ1) is 15.2. The molecule has 0 spiro atoms. The lowest BCUT2D eigenvalue weighted by molar-refractivity contribution is 0.0529. The fourth-order valence-electron chi connectivity index (χ4n) is 4.70. The van der Waals surface area contributed by atoms with Gasteiger partial charge in [-0.3, -0.25) is 4.99 Å². The van der Waals surface area contributed by atoms with Crippen LogP contribution in [0, 0.1) is 5.92 Å². The average Bonchev–Trinajstić information content (AvgIpc) is 3.31. The molecule has 4 heterocycles. The number of aliphatic imine (C=N–C) groups is 1. The minimum Gasteiger partial charge on any atom is -0.381 e. The molecule has 0 amide bonds. The molecule has 3 aliphatic heterocycles. The van der Waals surface area contributed by atoms with Crippen molar-refractivity contribution in [2.75, 3.05) is 64.5 Å². The highest BCUT2D eigenvalue weighted by Gasteiger charge is 2.24. The predicted octanol–water partition coefficient (Wildman–Crippen LogP) is 1.47. The van der Waals surface area contributed by atoms with Crippen molar-refractivity contribution in [2.24, 2.45) is 10.9 Å². The van der Waals surface area contributed by atoms with Gasteiger partial charge in [0.2, 0.25) is 0 Å². The fourth-order valence-corrected chi connectivity index (χ4v) is 4.70. The van der Waals surface area contributed by atoms with Gasteiger partial charge in [-0.1, -0.05) is 0 Å². The minimum absolute atomic E-state index is 0.248. The number of aromatic nitrogens is 1. The van der Waals surface area contributed by atoms with Gasteiger partial charge in [-0.25, -0.2) is 4.98 Å². The maximum absolute atomic E-state index is 5.65. The summed E-state index contributed by atoms with van der Waals surface area (Å²) in [6.45, 7) is 10.8. The predicted molar refractivity (Wildman–Crippen MR) is 124 cm³/mol. The molecule has 0 radical (unpaired) electrons. The van der Waals surface area contributed by atoms with Crippen LogP contribution in [0.4, 0.5) is 5.82 Å². The van der Waals surface area contributed by atoms with Crippen molar-refractivity contribution in [3.63, 3.8) is 0 Å². The van der Waals surface area contributed by atoms with Crippen LogP contribution in [0.15, 0.2) is 23.3 Å². The van der Waals surface area contributed by atoms with E-state index in [4.69, 9.17) is 9.47 Å². The van der Waals surface area contributed by atoms with Crippen molar-refractivity contribution >= 4 is 11.8 Å². The van der Waals surface area contributed by atoms with Crippen molar-refractivity contribution in [1.82, 2.24) is 20.5 Å². The smallest absolute Gasteiger partial charge is 0.191 e. The van der Waals surface area contributed by atoms with Gasteiger partial charge in [0.15, 0.2) is 5.96 Å². The zero-order valence-electron chi connectivity index (χ0n) is 19.1. The Bertz CT molecular complexity index is 716. The number of morpholine rings is 1. The number of anilines is 1. The molecule has 31 heavy (non-hydrogen) atoms. The number of nitrogens with zero attached hydrogens (tertiary/aromatic N) is 4. The third-order valence-electron chi connectivity index (χ3n) is 6.53. The van der Waals surface area contributed by atoms with Gasteiger partial charge in [0.25, 0.3) is 0 Å². The fraction of sp³-hybridized carbons (Fsp3) is 0.739. The number of ether oxygens (including phenoxy) is 2. The molecule has 8 heteroatoms. The van der Waals surface area contributed by atoms with E-state index in [1.54, 1.807) is 0 Å². The number of nitrogens with one attached hydrogen (secondary N) is 2. The van der Waals surface area contributed by atoms with Gasteiger partial charge in [0.05, 0.1) is 19.3 Å². The number of hydrogen-bond donors (Lipinski definition) is 2. The summed E-state index contributed by atoms with van der Waals surface area (Å²) in [5, 5.41) is 7.10. The van der Waals surface area contributed by atoms with E-state index in [1.165, 1.54) is 18.5 Å². The zero-order chi connectivity index (χ0) is 21.5. The zero-order valence-corrected chi connectivity index (χ0v) is 19.1. The molecule has 2 unspecified atom stereocenters. The van der Waals surface area contributed by atoms with Crippen molar-refractivity contribution in [2.45, 2.75) is 44.9 Å². The molecule has 0 bridgehead atoms. The van der Waals surface area contributed by atoms with E-state index in [-0.39, 0.29) is 6.10 Å². The highest BCUT2D eigenvalue weighted by atomic mass is 16.5. The van der Waals surface area contributed by atoms with Gasteiger partial charge < -0.3 is 29.9 Å². The molecule has 0 saturated carbocycles. The largest absolute Gasteiger partial charge is 0.381 e. The molecule has 8 nitrogen and oxygen atoms in total. The number of piperidine rings is 1. The Labute approximate surface area is 186 Å². The molecule has 3 saturated heterocycles. The molecule has 1 aromatic rings. The van der Waals surface area contributed by atoms with Crippen molar-refractivity contribution in [3.05, 3.63) is 23.9 Å². The molecule has 2 atom stereocenters. The highest BCUT2D eigenvalue weighted by molar-refractivity contribution is 5.80. The summed E-state index contributed by atoms with van der Waals surface area (Å²) < 4.78 is 11.2. The lowest BCUT2D eigenvalue weighted by Gasteiger charge is -2.34. The number of pyridine rings is 1. The van der Waals surface area contributed by atoms with E-state index in [9.17, 15) is 0 Å². The highest BCUT2D eigenvalue weighted by Crippen LogP contribution is 2.18. The quantitative estimate of drug-likeness (QED) is 0.523. The summed E-state index contributed by atoms with van der Waals surface area (Å²) in [5.74, 6) is 2.63. The summed E-state index contributed by atoms with van der Waals surface area (Å²) in [5.41, 5.74) is 1.21. The summed E-state index contributed by atoms with van der Waals surface area (Å²) in [6, 6.07) is 4.72. The lowest BCUT2D eigenvalue weighted by atomic mass is 10.0. The summed E-state index contributed by atoms with van der Waals surface area (Å²) in [7, 11) is 1.84. The van der Waals surface area contributed by atoms with Gasteiger partial charge >= 0.3 is 0 Å². The molecule has 1 aromatic heterocycles. The van der Waals surface area contributed by atoms with E-state index >= 15 is 0 Å². The van der Waals surface area contributed by atoms with E-state index in [0.717, 1.165) is 83.1 Å². The van der Waals surface area contributed by atoms with Crippen LogP contribution in [0.2, 0.25) is 0 Å². The van der Waals surface area contributed by atoms with Crippen LogP contribution < -0.4 is 15.5 Å². The maximum atomic E-state index is 5.65.